The fourth-order valence-corrected chi connectivity index (χ4v) is 8.36. The number of ether oxygens (including phenoxy) is 3. The Balaban J connectivity index is 1.07. The molecule has 7 aromatic rings. The molecule has 0 aliphatic heterocycles. The van der Waals surface area contributed by atoms with Gasteiger partial charge in [-0.3, -0.25) is 0 Å². The van der Waals surface area contributed by atoms with Crippen LogP contribution in [0, 0.1) is 0 Å². The molecule has 0 amide bonds. The number of thiol groups is 1. The molecule has 0 aromatic heterocycles. The van der Waals surface area contributed by atoms with E-state index in [2.05, 4.69) is 230 Å². The van der Waals surface area contributed by atoms with Gasteiger partial charge in [0.1, 0.15) is 17.2 Å². The van der Waals surface area contributed by atoms with Crippen LogP contribution in [0.3, 0.4) is 0 Å². The van der Waals surface area contributed by atoms with Gasteiger partial charge in [0.05, 0.1) is 20.3 Å². The average Bonchev–Trinajstić information content (AvgIpc) is 3.38. The predicted molar refractivity (Wildman–Crippen MR) is 290 cm³/mol. The van der Waals surface area contributed by atoms with Crippen molar-refractivity contribution >= 4 is 71.1 Å². The van der Waals surface area contributed by atoms with Gasteiger partial charge in [-0.25, -0.2) is 0 Å². The Morgan fingerprint density at radius 3 is 1.25 bits per heavy atom. The molecule has 0 saturated carbocycles. The summed E-state index contributed by atoms with van der Waals surface area (Å²) in [7, 11) is 1.73. The van der Waals surface area contributed by atoms with Gasteiger partial charge >= 0.3 is 0 Å². The summed E-state index contributed by atoms with van der Waals surface area (Å²) in [5.41, 5.74) is 10.6. The summed E-state index contributed by atoms with van der Waals surface area (Å²) < 4.78 is 18.7. The smallest absolute Gasteiger partial charge is 0.127 e. The summed E-state index contributed by atoms with van der Waals surface area (Å²) in [6, 6.07) is 61.5. The van der Waals surface area contributed by atoms with Gasteiger partial charge < -0.3 is 24.0 Å². The molecule has 0 heterocycles. The minimum atomic E-state index is 0.659. The second-order valence-electron chi connectivity index (χ2n) is 16.8. The van der Waals surface area contributed by atoms with Crippen LogP contribution in [0.2, 0.25) is 0 Å². The van der Waals surface area contributed by atoms with E-state index in [9.17, 15) is 0 Å². The van der Waals surface area contributed by atoms with Gasteiger partial charge in [0, 0.05) is 45.3 Å². The highest BCUT2D eigenvalue weighted by Crippen LogP contribution is 2.38. The molecule has 0 atom stereocenters. The van der Waals surface area contributed by atoms with E-state index < -0.39 is 0 Å². The summed E-state index contributed by atoms with van der Waals surface area (Å²) in [6.45, 7) is 3.63. The molecule has 6 heteroatoms. The fourth-order valence-electron chi connectivity index (χ4n) is 8.13. The minimum Gasteiger partial charge on any atom is -0.496 e. The number of benzene rings is 7. The molecule has 0 bridgehead atoms. The van der Waals surface area contributed by atoms with E-state index in [1.54, 1.807) is 7.11 Å². The third-order valence-electron chi connectivity index (χ3n) is 11.8. The summed E-state index contributed by atoms with van der Waals surface area (Å²) in [4.78, 5) is 4.55. The van der Waals surface area contributed by atoms with Crippen molar-refractivity contribution in [3.8, 4) is 17.2 Å². The van der Waals surface area contributed by atoms with E-state index in [1.807, 2.05) is 0 Å². The summed E-state index contributed by atoms with van der Waals surface area (Å²) in [5.74, 6) is 3.50. The highest BCUT2D eigenvalue weighted by Gasteiger charge is 2.15. The Morgan fingerprint density at radius 1 is 0.403 bits per heavy atom. The Hall–Kier alpha value is -6.63. The first-order chi connectivity index (χ1) is 33.1. The molecule has 7 rings (SSSR count). The van der Waals surface area contributed by atoms with Crippen molar-refractivity contribution in [1.82, 2.24) is 0 Å². The van der Waals surface area contributed by atoms with Crippen molar-refractivity contribution in [2.45, 2.75) is 71.1 Å². The molecule has 0 fully saturated rings. The number of unbranched alkanes of at least 4 members (excludes halogenated alkanes) is 8. The van der Waals surface area contributed by atoms with Gasteiger partial charge in [0.15, 0.2) is 0 Å². The molecule has 0 unspecified atom stereocenters. The second kappa shape index (κ2) is 26.5. The minimum absolute atomic E-state index is 0.659. The van der Waals surface area contributed by atoms with Gasteiger partial charge in [-0.1, -0.05) is 155 Å². The van der Waals surface area contributed by atoms with Gasteiger partial charge in [0.2, 0.25) is 0 Å². The lowest BCUT2D eigenvalue weighted by Gasteiger charge is -2.25. The number of rotatable bonds is 26. The largest absolute Gasteiger partial charge is 0.496 e. The zero-order chi connectivity index (χ0) is 46.3. The van der Waals surface area contributed by atoms with Crippen molar-refractivity contribution in [2.24, 2.45) is 0 Å². The van der Waals surface area contributed by atoms with E-state index in [-0.39, 0.29) is 0 Å². The van der Waals surface area contributed by atoms with Crippen molar-refractivity contribution < 1.29 is 14.2 Å². The van der Waals surface area contributed by atoms with E-state index in [1.165, 1.54) is 44.9 Å². The van der Waals surface area contributed by atoms with Gasteiger partial charge in [-0.05, 0) is 133 Å². The molecule has 0 aliphatic carbocycles. The monoisotopic (exact) mass is 906 g/mol. The molecule has 0 N–H and O–H groups in total. The Morgan fingerprint density at radius 2 is 0.791 bits per heavy atom. The maximum atomic E-state index is 6.53. The van der Waals surface area contributed by atoms with Crippen LogP contribution in [0.4, 0.5) is 34.1 Å². The summed E-state index contributed by atoms with van der Waals surface area (Å²) in [6.07, 6.45) is 20.4. The van der Waals surface area contributed by atoms with E-state index in [0.29, 0.717) is 6.61 Å². The first-order valence-corrected chi connectivity index (χ1v) is 24.8. The van der Waals surface area contributed by atoms with Crippen LogP contribution in [0.15, 0.2) is 176 Å². The van der Waals surface area contributed by atoms with Crippen LogP contribution in [0.25, 0.3) is 24.3 Å². The summed E-state index contributed by atoms with van der Waals surface area (Å²) in [5, 5.41) is 0. The molecular formula is C61H66N2O3S. The molecule has 0 spiro atoms. The lowest BCUT2D eigenvalue weighted by Crippen LogP contribution is -2.09. The predicted octanol–water partition coefficient (Wildman–Crippen LogP) is 17.6. The number of nitrogens with zero attached hydrogens (tertiary/aromatic N) is 2. The number of para-hydroxylation sites is 3. The van der Waals surface area contributed by atoms with Crippen LogP contribution in [0.5, 0.6) is 17.2 Å². The Bertz CT molecular complexity index is 2500. The number of hydrogen-bond acceptors (Lipinski definition) is 6. The zero-order valence-electron chi connectivity index (χ0n) is 39.3. The first-order valence-electron chi connectivity index (χ1n) is 24.1. The summed E-state index contributed by atoms with van der Waals surface area (Å²) >= 11 is 4.32. The van der Waals surface area contributed by atoms with Gasteiger partial charge in [-0.15, -0.1) is 0 Å². The highest BCUT2D eigenvalue weighted by molar-refractivity contribution is 7.80. The van der Waals surface area contributed by atoms with Crippen molar-refractivity contribution in [3.05, 3.63) is 198 Å². The molecule has 0 radical (unpaired) electrons. The van der Waals surface area contributed by atoms with Crippen molar-refractivity contribution in [2.75, 3.05) is 35.9 Å². The standard InChI is InChI=1S/C61H66N2O3S/c1-3-4-5-19-45-66-61-48-51(60(64-2)47-52(61)35-29-50-30-36-56(37-31-50)62(53-22-13-10-14-23-53)54-24-15-11-16-25-54)34-28-49-32-38-57(39-33-49)63(55-26-17-12-18-27-55)58-40-42-59(43-41-58)65-44-20-8-6-7-9-21-46-67/h10-18,22-43,47-48,67H,3-9,19-21,44-46H2,1-2H3/b34-28+,35-29+. The third kappa shape index (κ3) is 14.4. The molecule has 7 aromatic carbocycles. The number of methoxy groups -OCH3 is 1. The van der Waals surface area contributed by atoms with Crippen LogP contribution >= 0.6 is 12.6 Å². The lowest BCUT2D eigenvalue weighted by atomic mass is 10.0. The average molecular weight is 907 g/mol. The molecule has 344 valence electrons. The Labute approximate surface area is 405 Å². The fraction of sp³-hybridized carbons (Fsp3) is 0.246. The molecular weight excluding hydrogens is 841 g/mol. The normalized spacial score (nSPS) is 11.3. The topological polar surface area (TPSA) is 34.2 Å². The highest BCUT2D eigenvalue weighted by atomic mass is 32.1. The zero-order valence-corrected chi connectivity index (χ0v) is 40.2. The van der Waals surface area contributed by atoms with Crippen LogP contribution in [-0.2, 0) is 0 Å². The third-order valence-corrected chi connectivity index (χ3v) is 12.1. The molecule has 67 heavy (non-hydrogen) atoms. The lowest BCUT2D eigenvalue weighted by molar-refractivity contribution is 0.303. The van der Waals surface area contributed by atoms with Crippen LogP contribution in [0.1, 0.15) is 93.4 Å². The molecule has 5 nitrogen and oxygen atoms in total. The van der Waals surface area contributed by atoms with Crippen molar-refractivity contribution in [3.63, 3.8) is 0 Å². The van der Waals surface area contributed by atoms with Crippen LogP contribution < -0.4 is 24.0 Å². The van der Waals surface area contributed by atoms with E-state index in [0.717, 1.165) is 105 Å². The second-order valence-corrected chi connectivity index (χ2v) is 17.2. The first kappa shape index (κ1) is 48.3. The quantitative estimate of drug-likeness (QED) is 0.0333. The van der Waals surface area contributed by atoms with Crippen LogP contribution in [-0.4, -0.2) is 26.1 Å². The maximum Gasteiger partial charge on any atom is 0.127 e. The Kier molecular flexibility index (Phi) is 19.1. The molecule has 0 saturated heterocycles. The van der Waals surface area contributed by atoms with Gasteiger partial charge in [-0.2, -0.15) is 12.6 Å². The number of anilines is 6. The van der Waals surface area contributed by atoms with E-state index in [4.69, 9.17) is 14.2 Å². The molecule has 0 aliphatic rings. The van der Waals surface area contributed by atoms with E-state index >= 15 is 0 Å². The van der Waals surface area contributed by atoms with Crippen molar-refractivity contribution in [1.29, 1.82) is 0 Å². The SMILES string of the molecule is CCCCCCOc1cc(/C=C/c2ccc(N(c3ccccc3)c3ccc(OCCCCCCCCS)cc3)cc2)c(OC)cc1/C=C/c1ccc(N(c2ccccc2)c2ccccc2)cc1. The number of hydrogen-bond donors (Lipinski definition) is 1. The van der Waals surface area contributed by atoms with Gasteiger partial charge in [0.25, 0.3) is 0 Å². The maximum absolute atomic E-state index is 6.53.